The van der Waals surface area contributed by atoms with Crippen molar-refractivity contribution < 1.29 is 23.5 Å². The standard InChI is InChI=1S/C30H28ClFN4O4/c31-24-9-4-8-20(28(24)32)15-34-30(39)25-10-5-13-36(25)27(37)17-35-16-23(29(33)38)22-12-11-21(14-26(22)35)40-18-19-6-2-1-3-7-19/h1-4,6-9,11-12,14,16,25H,5,10,13,15,17-18H2,(H2,33,38)(H,34,39)/t25-/m0/s1. The fraction of sp³-hybridized carbons (Fsp3) is 0.233. The smallest absolute Gasteiger partial charge is 0.250 e. The van der Waals surface area contributed by atoms with E-state index in [1.54, 1.807) is 41.1 Å². The second-order valence-corrected chi connectivity index (χ2v) is 10.1. The highest BCUT2D eigenvalue weighted by molar-refractivity contribution is 6.30. The number of amides is 3. The van der Waals surface area contributed by atoms with E-state index >= 15 is 0 Å². The van der Waals surface area contributed by atoms with Crippen LogP contribution < -0.4 is 15.8 Å². The maximum absolute atomic E-state index is 14.2. The third-order valence-corrected chi connectivity index (χ3v) is 7.33. The summed E-state index contributed by atoms with van der Waals surface area (Å²) in [6.07, 6.45) is 2.71. The molecule has 2 heterocycles. The molecule has 0 unspecified atom stereocenters. The lowest BCUT2D eigenvalue weighted by Gasteiger charge is -2.24. The average Bonchev–Trinajstić information content (AvgIpc) is 3.59. The first kappa shape index (κ1) is 27.2. The molecule has 3 amide bonds. The number of halogens is 2. The van der Waals surface area contributed by atoms with Gasteiger partial charge in [-0.05, 0) is 36.6 Å². The molecule has 3 N–H and O–H groups in total. The summed E-state index contributed by atoms with van der Waals surface area (Å²) in [5.74, 6) is -1.26. The SMILES string of the molecule is NC(=O)c1cn(CC(=O)N2CCC[C@H]2C(=O)NCc2cccc(Cl)c2F)c2cc(OCc3ccccc3)ccc12. The van der Waals surface area contributed by atoms with Crippen molar-refractivity contribution in [1.29, 1.82) is 0 Å². The molecule has 1 aliphatic heterocycles. The van der Waals surface area contributed by atoms with Crippen LogP contribution in [0, 0.1) is 5.82 Å². The number of fused-ring (bicyclic) bond motifs is 1. The van der Waals surface area contributed by atoms with E-state index in [0.29, 0.717) is 42.6 Å². The highest BCUT2D eigenvalue weighted by atomic mass is 35.5. The van der Waals surface area contributed by atoms with Gasteiger partial charge in [-0.15, -0.1) is 0 Å². The molecule has 1 fully saturated rings. The van der Waals surface area contributed by atoms with Crippen molar-refractivity contribution in [2.24, 2.45) is 5.73 Å². The fourth-order valence-corrected chi connectivity index (χ4v) is 5.18. The maximum Gasteiger partial charge on any atom is 0.250 e. The van der Waals surface area contributed by atoms with Crippen LogP contribution in [0.15, 0.2) is 72.9 Å². The molecule has 1 aliphatic rings. The van der Waals surface area contributed by atoms with Gasteiger partial charge in [-0.25, -0.2) is 4.39 Å². The van der Waals surface area contributed by atoms with Crippen LogP contribution in [0.4, 0.5) is 4.39 Å². The van der Waals surface area contributed by atoms with Gasteiger partial charge in [0.2, 0.25) is 11.8 Å². The molecule has 40 heavy (non-hydrogen) atoms. The predicted octanol–water partition coefficient (Wildman–Crippen LogP) is 4.42. The highest BCUT2D eigenvalue weighted by Crippen LogP contribution is 2.27. The van der Waals surface area contributed by atoms with Crippen LogP contribution in [-0.2, 0) is 29.3 Å². The zero-order valence-electron chi connectivity index (χ0n) is 21.6. The van der Waals surface area contributed by atoms with Crippen LogP contribution in [-0.4, -0.2) is 39.8 Å². The number of ether oxygens (including phenoxy) is 1. The Bertz CT molecular complexity index is 1570. The Morgan fingerprint density at radius 1 is 1.07 bits per heavy atom. The van der Waals surface area contributed by atoms with Gasteiger partial charge in [-0.3, -0.25) is 14.4 Å². The summed E-state index contributed by atoms with van der Waals surface area (Å²) < 4.78 is 21.8. The number of benzene rings is 3. The van der Waals surface area contributed by atoms with Crippen molar-refractivity contribution in [3.8, 4) is 5.75 Å². The lowest BCUT2D eigenvalue weighted by atomic mass is 10.1. The summed E-state index contributed by atoms with van der Waals surface area (Å²) in [4.78, 5) is 40.1. The Hall–Kier alpha value is -4.37. The Morgan fingerprint density at radius 2 is 1.88 bits per heavy atom. The van der Waals surface area contributed by atoms with Crippen LogP contribution in [0.3, 0.4) is 0 Å². The molecule has 4 aromatic rings. The number of carbonyl (C=O) groups excluding carboxylic acids is 3. The molecule has 0 aliphatic carbocycles. The monoisotopic (exact) mass is 562 g/mol. The fourth-order valence-electron chi connectivity index (χ4n) is 4.99. The molecule has 206 valence electrons. The number of hydrogen-bond acceptors (Lipinski definition) is 4. The summed E-state index contributed by atoms with van der Waals surface area (Å²) in [5.41, 5.74) is 7.78. The van der Waals surface area contributed by atoms with E-state index in [-0.39, 0.29) is 41.1 Å². The largest absolute Gasteiger partial charge is 0.489 e. The zero-order chi connectivity index (χ0) is 28.2. The first-order valence-corrected chi connectivity index (χ1v) is 13.3. The molecule has 1 aromatic heterocycles. The van der Waals surface area contributed by atoms with Gasteiger partial charge in [-0.2, -0.15) is 0 Å². The molecule has 0 spiro atoms. The summed E-state index contributed by atoms with van der Waals surface area (Å²) in [6, 6.07) is 18.9. The third-order valence-electron chi connectivity index (χ3n) is 7.03. The minimum atomic E-state index is -0.683. The van der Waals surface area contributed by atoms with Crippen molar-refractivity contribution in [2.75, 3.05) is 6.54 Å². The van der Waals surface area contributed by atoms with Crippen molar-refractivity contribution in [3.05, 3.63) is 100 Å². The topological polar surface area (TPSA) is 107 Å². The molecular formula is C30H28ClFN4O4. The Balaban J connectivity index is 1.31. The van der Waals surface area contributed by atoms with E-state index in [9.17, 15) is 18.8 Å². The second kappa shape index (κ2) is 11.8. The number of primary amides is 1. The normalized spacial score (nSPS) is 14.8. The molecule has 8 nitrogen and oxygen atoms in total. The quantitative estimate of drug-likeness (QED) is 0.315. The number of likely N-dealkylation sites (tertiary alicyclic amines) is 1. The molecule has 0 bridgehead atoms. The maximum atomic E-state index is 14.2. The van der Waals surface area contributed by atoms with Gasteiger partial charge in [0.1, 0.15) is 30.8 Å². The molecule has 1 atom stereocenters. The average molecular weight is 563 g/mol. The van der Waals surface area contributed by atoms with Crippen LogP contribution >= 0.6 is 11.6 Å². The van der Waals surface area contributed by atoms with E-state index in [4.69, 9.17) is 22.1 Å². The summed E-state index contributed by atoms with van der Waals surface area (Å²) in [6.45, 7) is 0.631. The molecule has 1 saturated heterocycles. The summed E-state index contributed by atoms with van der Waals surface area (Å²) in [5, 5.41) is 3.31. The van der Waals surface area contributed by atoms with Crippen molar-refractivity contribution in [3.63, 3.8) is 0 Å². The second-order valence-electron chi connectivity index (χ2n) is 9.66. The highest BCUT2D eigenvalue weighted by Gasteiger charge is 2.34. The van der Waals surface area contributed by atoms with Crippen molar-refractivity contribution >= 4 is 40.2 Å². The zero-order valence-corrected chi connectivity index (χ0v) is 22.4. The lowest BCUT2D eigenvalue weighted by Crippen LogP contribution is -2.46. The molecular weight excluding hydrogens is 535 g/mol. The Kier molecular flexibility index (Phi) is 8.02. The van der Waals surface area contributed by atoms with Gasteiger partial charge in [0.05, 0.1) is 16.1 Å². The van der Waals surface area contributed by atoms with Crippen LogP contribution in [0.25, 0.3) is 10.9 Å². The number of aromatic nitrogens is 1. The minimum Gasteiger partial charge on any atom is -0.489 e. The van der Waals surface area contributed by atoms with Gasteiger partial charge < -0.3 is 25.3 Å². The Labute approximate surface area is 235 Å². The molecule has 10 heteroatoms. The number of nitrogens with one attached hydrogen (secondary N) is 1. The summed E-state index contributed by atoms with van der Waals surface area (Å²) >= 11 is 5.84. The number of nitrogens with two attached hydrogens (primary N) is 1. The minimum absolute atomic E-state index is 0.0210. The van der Waals surface area contributed by atoms with E-state index in [1.807, 2.05) is 30.3 Å². The first-order valence-electron chi connectivity index (χ1n) is 12.9. The van der Waals surface area contributed by atoms with Crippen molar-refractivity contribution in [1.82, 2.24) is 14.8 Å². The van der Waals surface area contributed by atoms with Crippen LogP contribution in [0.5, 0.6) is 5.75 Å². The molecule has 3 aromatic carbocycles. The Morgan fingerprint density at radius 3 is 2.65 bits per heavy atom. The van der Waals surface area contributed by atoms with Gasteiger partial charge in [0.15, 0.2) is 0 Å². The van der Waals surface area contributed by atoms with Gasteiger partial charge >= 0.3 is 0 Å². The molecule has 0 saturated carbocycles. The van der Waals surface area contributed by atoms with Crippen molar-refractivity contribution in [2.45, 2.75) is 38.6 Å². The molecule has 0 radical (unpaired) electrons. The van der Waals surface area contributed by atoms with Crippen LogP contribution in [0.2, 0.25) is 5.02 Å². The van der Waals surface area contributed by atoms with Gasteiger partial charge in [0, 0.05) is 36.3 Å². The van der Waals surface area contributed by atoms with E-state index < -0.39 is 17.8 Å². The van der Waals surface area contributed by atoms with Gasteiger partial charge in [-0.1, -0.05) is 54.1 Å². The number of hydrogen-bond donors (Lipinski definition) is 2. The van der Waals surface area contributed by atoms with Gasteiger partial charge in [0.25, 0.3) is 5.91 Å². The first-order chi connectivity index (χ1) is 19.3. The summed E-state index contributed by atoms with van der Waals surface area (Å²) in [7, 11) is 0. The van der Waals surface area contributed by atoms with E-state index in [1.165, 1.54) is 11.0 Å². The molecule has 5 rings (SSSR count). The lowest BCUT2D eigenvalue weighted by molar-refractivity contribution is -0.138. The number of carbonyl (C=O) groups is 3. The predicted molar refractivity (Wildman–Crippen MR) is 149 cm³/mol. The van der Waals surface area contributed by atoms with E-state index in [2.05, 4.69) is 5.32 Å². The number of rotatable bonds is 9. The van der Waals surface area contributed by atoms with Crippen LogP contribution in [0.1, 0.15) is 34.3 Å². The van der Waals surface area contributed by atoms with E-state index in [0.717, 1.165) is 5.56 Å². The third kappa shape index (κ3) is 5.79. The number of nitrogens with zero attached hydrogens (tertiary/aromatic N) is 2.